The van der Waals surface area contributed by atoms with Crippen LogP contribution in [0.5, 0.6) is 0 Å². The van der Waals surface area contributed by atoms with Crippen molar-refractivity contribution in [3.8, 4) is 11.1 Å². The molecule has 0 radical (unpaired) electrons. The lowest BCUT2D eigenvalue weighted by Gasteiger charge is -2.13. The Labute approximate surface area is 107 Å². The van der Waals surface area contributed by atoms with Crippen LogP contribution in [0.1, 0.15) is 27.0 Å². The van der Waals surface area contributed by atoms with Crippen molar-refractivity contribution in [1.29, 1.82) is 0 Å². The van der Waals surface area contributed by atoms with Gasteiger partial charge < -0.3 is 5.11 Å². The quantitative estimate of drug-likeness (QED) is 0.862. The van der Waals surface area contributed by atoms with E-state index in [1.165, 1.54) is 16.7 Å². The molecule has 0 saturated heterocycles. The summed E-state index contributed by atoms with van der Waals surface area (Å²) >= 11 is 0. The van der Waals surface area contributed by atoms with Crippen molar-refractivity contribution >= 4 is 5.97 Å². The summed E-state index contributed by atoms with van der Waals surface area (Å²) in [4.78, 5) is 10.9. The van der Waals surface area contributed by atoms with E-state index in [0.717, 1.165) is 11.1 Å². The molecule has 0 heterocycles. The minimum atomic E-state index is -0.883. The van der Waals surface area contributed by atoms with Crippen molar-refractivity contribution in [2.75, 3.05) is 0 Å². The molecule has 18 heavy (non-hydrogen) atoms. The summed E-state index contributed by atoms with van der Waals surface area (Å²) < 4.78 is 0. The van der Waals surface area contributed by atoms with Crippen molar-refractivity contribution < 1.29 is 9.90 Å². The first-order chi connectivity index (χ1) is 8.50. The number of rotatable bonds is 2. The molecule has 0 aliphatic carbocycles. The summed E-state index contributed by atoms with van der Waals surface area (Å²) in [6, 6.07) is 11.5. The highest BCUT2D eigenvalue weighted by molar-refractivity contribution is 5.89. The van der Waals surface area contributed by atoms with Gasteiger partial charge in [0.25, 0.3) is 0 Å². The lowest BCUT2D eigenvalue weighted by atomic mass is 9.92. The summed E-state index contributed by atoms with van der Waals surface area (Å²) in [6.07, 6.45) is 0. The maximum atomic E-state index is 10.9. The maximum absolute atomic E-state index is 10.9. The van der Waals surface area contributed by atoms with Crippen molar-refractivity contribution in [1.82, 2.24) is 0 Å². The highest BCUT2D eigenvalue weighted by Gasteiger charge is 2.10. The van der Waals surface area contributed by atoms with Crippen LogP contribution < -0.4 is 0 Å². The first-order valence-electron chi connectivity index (χ1n) is 5.91. The van der Waals surface area contributed by atoms with Gasteiger partial charge in [-0.25, -0.2) is 4.79 Å². The minimum absolute atomic E-state index is 0.336. The molecule has 0 aliphatic heterocycles. The summed E-state index contributed by atoms with van der Waals surface area (Å²) in [6.45, 7) is 6.10. The molecule has 1 N–H and O–H groups in total. The van der Waals surface area contributed by atoms with Crippen molar-refractivity contribution in [3.05, 3.63) is 58.7 Å². The van der Waals surface area contributed by atoms with E-state index in [9.17, 15) is 4.79 Å². The van der Waals surface area contributed by atoms with Crippen molar-refractivity contribution in [2.24, 2.45) is 0 Å². The predicted molar refractivity (Wildman–Crippen MR) is 73.0 cm³/mol. The smallest absolute Gasteiger partial charge is 0.335 e. The fourth-order valence-electron chi connectivity index (χ4n) is 2.32. The lowest BCUT2D eigenvalue weighted by molar-refractivity contribution is 0.0697. The zero-order valence-electron chi connectivity index (χ0n) is 10.8. The van der Waals surface area contributed by atoms with E-state index >= 15 is 0 Å². The maximum Gasteiger partial charge on any atom is 0.335 e. The van der Waals surface area contributed by atoms with Gasteiger partial charge in [-0.1, -0.05) is 24.3 Å². The molecule has 0 amide bonds. The second-order valence-corrected chi connectivity index (χ2v) is 4.60. The molecule has 0 saturated carbocycles. The van der Waals surface area contributed by atoms with Crippen LogP contribution in [-0.4, -0.2) is 11.1 Å². The lowest BCUT2D eigenvalue weighted by Crippen LogP contribution is -1.98. The molecule has 2 aromatic carbocycles. The molecule has 2 heteroatoms. The Morgan fingerprint density at radius 3 is 2.06 bits per heavy atom. The van der Waals surface area contributed by atoms with Crippen LogP contribution in [-0.2, 0) is 0 Å². The van der Waals surface area contributed by atoms with E-state index in [1.54, 1.807) is 12.1 Å². The highest BCUT2D eigenvalue weighted by Crippen LogP contribution is 2.30. The van der Waals surface area contributed by atoms with Gasteiger partial charge in [-0.2, -0.15) is 0 Å². The van der Waals surface area contributed by atoms with E-state index in [0.29, 0.717) is 5.56 Å². The summed E-state index contributed by atoms with van der Waals surface area (Å²) in [5.74, 6) is -0.883. The van der Waals surface area contributed by atoms with Crippen LogP contribution in [0.25, 0.3) is 11.1 Å². The van der Waals surface area contributed by atoms with Crippen LogP contribution in [0.3, 0.4) is 0 Å². The van der Waals surface area contributed by atoms with Gasteiger partial charge >= 0.3 is 5.97 Å². The van der Waals surface area contributed by atoms with E-state index in [2.05, 4.69) is 26.0 Å². The molecule has 2 nitrogen and oxygen atoms in total. The third-order valence-electron chi connectivity index (χ3n) is 3.22. The molecule has 2 aromatic rings. The fraction of sp³-hybridized carbons (Fsp3) is 0.188. The molecular weight excluding hydrogens is 224 g/mol. The minimum Gasteiger partial charge on any atom is -0.478 e. The summed E-state index contributed by atoms with van der Waals surface area (Å²) in [7, 11) is 0. The third-order valence-corrected chi connectivity index (χ3v) is 3.22. The number of aromatic carboxylic acids is 1. The van der Waals surface area contributed by atoms with Gasteiger partial charge in [0.1, 0.15) is 0 Å². The van der Waals surface area contributed by atoms with E-state index in [4.69, 9.17) is 5.11 Å². The van der Waals surface area contributed by atoms with Gasteiger partial charge in [-0.15, -0.1) is 0 Å². The van der Waals surface area contributed by atoms with Crippen LogP contribution >= 0.6 is 0 Å². The van der Waals surface area contributed by atoms with Crippen LogP contribution in [0.15, 0.2) is 36.4 Å². The second kappa shape index (κ2) is 4.65. The number of hydrogen-bond acceptors (Lipinski definition) is 1. The van der Waals surface area contributed by atoms with Gasteiger partial charge in [-0.05, 0) is 60.7 Å². The van der Waals surface area contributed by atoms with Gasteiger partial charge in [0.05, 0.1) is 5.56 Å². The van der Waals surface area contributed by atoms with Gasteiger partial charge in [0.2, 0.25) is 0 Å². The standard InChI is InChI=1S/C16H16O2/c1-10-5-4-6-11(2)15(10)14-8-7-13(16(17)18)9-12(14)3/h4-9H,1-3H3,(H,17,18). The Bertz CT molecular complexity index is 592. The van der Waals surface area contributed by atoms with Crippen LogP contribution in [0.2, 0.25) is 0 Å². The molecule has 92 valence electrons. The molecule has 2 rings (SSSR count). The Morgan fingerprint density at radius 1 is 0.944 bits per heavy atom. The summed E-state index contributed by atoms with van der Waals surface area (Å²) in [5.41, 5.74) is 6.06. The van der Waals surface area contributed by atoms with Gasteiger partial charge in [0, 0.05) is 0 Å². The number of carboxylic acid groups (broad SMARTS) is 1. The number of carbonyl (C=O) groups is 1. The number of benzene rings is 2. The van der Waals surface area contributed by atoms with E-state index in [-0.39, 0.29) is 0 Å². The zero-order chi connectivity index (χ0) is 13.3. The van der Waals surface area contributed by atoms with E-state index in [1.807, 2.05) is 19.1 Å². The van der Waals surface area contributed by atoms with Crippen LogP contribution in [0.4, 0.5) is 0 Å². The summed E-state index contributed by atoms with van der Waals surface area (Å²) in [5, 5.41) is 8.98. The van der Waals surface area contributed by atoms with Gasteiger partial charge in [0.15, 0.2) is 0 Å². The first-order valence-corrected chi connectivity index (χ1v) is 5.91. The van der Waals surface area contributed by atoms with E-state index < -0.39 is 5.97 Å². The molecule has 0 aliphatic rings. The molecule has 0 aromatic heterocycles. The fourth-order valence-corrected chi connectivity index (χ4v) is 2.32. The molecule has 0 bridgehead atoms. The Hall–Kier alpha value is -2.09. The number of hydrogen-bond donors (Lipinski definition) is 1. The van der Waals surface area contributed by atoms with Crippen molar-refractivity contribution in [3.63, 3.8) is 0 Å². The predicted octanol–water partition coefficient (Wildman–Crippen LogP) is 3.98. The Balaban J connectivity index is 2.62. The molecule has 0 unspecified atom stereocenters. The zero-order valence-corrected chi connectivity index (χ0v) is 10.8. The molecular formula is C16H16O2. The highest BCUT2D eigenvalue weighted by atomic mass is 16.4. The number of aryl methyl sites for hydroxylation is 3. The van der Waals surface area contributed by atoms with Crippen LogP contribution in [0, 0.1) is 20.8 Å². The molecule has 0 fully saturated rings. The number of carboxylic acids is 1. The average molecular weight is 240 g/mol. The Morgan fingerprint density at radius 2 is 1.56 bits per heavy atom. The largest absolute Gasteiger partial charge is 0.478 e. The van der Waals surface area contributed by atoms with Crippen molar-refractivity contribution in [2.45, 2.75) is 20.8 Å². The molecule has 0 atom stereocenters. The SMILES string of the molecule is Cc1cc(C(=O)O)ccc1-c1c(C)cccc1C. The monoisotopic (exact) mass is 240 g/mol. The average Bonchev–Trinajstić information content (AvgIpc) is 2.30. The topological polar surface area (TPSA) is 37.3 Å². The Kier molecular flexibility index (Phi) is 3.19. The first kappa shape index (κ1) is 12.4. The normalized spacial score (nSPS) is 10.4. The molecule has 0 spiro atoms. The van der Waals surface area contributed by atoms with Gasteiger partial charge in [-0.3, -0.25) is 0 Å². The third kappa shape index (κ3) is 2.14. The second-order valence-electron chi connectivity index (χ2n) is 4.60.